The molecule has 2 aromatic rings. The van der Waals surface area contributed by atoms with E-state index in [1.807, 2.05) is 19.1 Å². The molecule has 1 unspecified atom stereocenters. The van der Waals surface area contributed by atoms with Crippen LogP contribution in [0.2, 0.25) is 5.02 Å². The zero-order valence-electron chi connectivity index (χ0n) is 11.5. The lowest BCUT2D eigenvalue weighted by molar-refractivity contribution is 0.443. The zero-order chi connectivity index (χ0) is 14.4. The van der Waals surface area contributed by atoms with E-state index >= 15 is 0 Å². The third-order valence-corrected chi connectivity index (χ3v) is 3.52. The van der Waals surface area contributed by atoms with Gasteiger partial charge in [0.05, 0.1) is 6.26 Å². The van der Waals surface area contributed by atoms with E-state index in [1.165, 1.54) is 6.07 Å². The lowest BCUT2D eigenvalue weighted by Gasteiger charge is -2.18. The topological polar surface area (TPSA) is 25.2 Å². The Hall–Kier alpha value is -1.32. The Morgan fingerprint density at radius 1 is 1.35 bits per heavy atom. The summed E-state index contributed by atoms with van der Waals surface area (Å²) >= 11 is 5.93. The highest BCUT2D eigenvalue weighted by molar-refractivity contribution is 6.30. The Kier molecular flexibility index (Phi) is 5.62. The quantitative estimate of drug-likeness (QED) is 0.827. The fourth-order valence-electron chi connectivity index (χ4n) is 2.30. The number of aryl methyl sites for hydroxylation is 1. The first kappa shape index (κ1) is 15.1. The van der Waals surface area contributed by atoms with Gasteiger partial charge in [-0.1, -0.05) is 18.5 Å². The first-order chi connectivity index (χ1) is 9.69. The van der Waals surface area contributed by atoms with Gasteiger partial charge in [0.2, 0.25) is 0 Å². The monoisotopic (exact) mass is 295 g/mol. The minimum atomic E-state index is -0.199. The first-order valence-electron chi connectivity index (χ1n) is 6.88. The van der Waals surface area contributed by atoms with Crippen molar-refractivity contribution in [2.24, 2.45) is 0 Å². The fourth-order valence-corrected chi connectivity index (χ4v) is 2.50. The van der Waals surface area contributed by atoms with Crippen molar-refractivity contribution in [3.05, 3.63) is 58.8 Å². The second-order valence-corrected chi connectivity index (χ2v) is 5.25. The van der Waals surface area contributed by atoms with E-state index in [0.717, 1.165) is 25.1 Å². The van der Waals surface area contributed by atoms with Gasteiger partial charge in [-0.25, -0.2) is 4.39 Å². The summed E-state index contributed by atoms with van der Waals surface area (Å²) in [5.74, 6) is 0.759. The molecule has 1 aromatic heterocycles. The van der Waals surface area contributed by atoms with E-state index in [2.05, 4.69) is 5.32 Å². The molecule has 0 fully saturated rings. The average molecular weight is 296 g/mol. The molecule has 2 nitrogen and oxygen atoms in total. The molecule has 0 aliphatic rings. The molecule has 0 aliphatic carbocycles. The molecule has 0 bridgehead atoms. The molecule has 108 valence electrons. The largest absolute Gasteiger partial charge is 0.469 e. The van der Waals surface area contributed by atoms with Crippen LogP contribution in [0.25, 0.3) is 0 Å². The summed E-state index contributed by atoms with van der Waals surface area (Å²) in [5.41, 5.74) is 0.655. The van der Waals surface area contributed by atoms with Crippen molar-refractivity contribution in [1.29, 1.82) is 0 Å². The molecule has 1 atom stereocenters. The molecule has 0 radical (unpaired) electrons. The standard InChI is InChI=1S/C16H19ClFNO/c1-2-19-14(6-7-15-4-3-9-20-15)11-12-10-13(17)5-8-16(12)18/h3-5,8-10,14,19H,2,6-7,11H2,1H3. The van der Waals surface area contributed by atoms with Gasteiger partial charge in [-0.15, -0.1) is 0 Å². The molecule has 4 heteroatoms. The highest BCUT2D eigenvalue weighted by Crippen LogP contribution is 2.18. The van der Waals surface area contributed by atoms with Crippen LogP contribution in [0.4, 0.5) is 4.39 Å². The molecule has 0 saturated carbocycles. The van der Waals surface area contributed by atoms with Gasteiger partial charge >= 0.3 is 0 Å². The van der Waals surface area contributed by atoms with Crippen molar-refractivity contribution in [2.75, 3.05) is 6.54 Å². The number of nitrogens with one attached hydrogen (secondary N) is 1. The second-order valence-electron chi connectivity index (χ2n) is 4.81. The van der Waals surface area contributed by atoms with Crippen LogP contribution in [0, 0.1) is 5.82 Å². The number of hydrogen-bond acceptors (Lipinski definition) is 2. The maximum atomic E-state index is 13.8. The minimum absolute atomic E-state index is 0.199. The maximum Gasteiger partial charge on any atom is 0.126 e. The van der Waals surface area contributed by atoms with Gasteiger partial charge < -0.3 is 9.73 Å². The van der Waals surface area contributed by atoms with Crippen molar-refractivity contribution in [2.45, 2.75) is 32.2 Å². The summed E-state index contributed by atoms with van der Waals surface area (Å²) in [6.45, 7) is 2.90. The Labute approximate surface area is 123 Å². The normalized spacial score (nSPS) is 12.6. The van der Waals surface area contributed by atoms with Gasteiger partial charge in [0.15, 0.2) is 0 Å². The van der Waals surface area contributed by atoms with Crippen LogP contribution >= 0.6 is 11.6 Å². The molecule has 1 N–H and O–H groups in total. The van der Waals surface area contributed by atoms with Crippen molar-refractivity contribution in [1.82, 2.24) is 5.32 Å². The van der Waals surface area contributed by atoms with Crippen LogP contribution in [0.5, 0.6) is 0 Å². The predicted octanol–water partition coefficient (Wildman–Crippen LogP) is 4.23. The van der Waals surface area contributed by atoms with Gasteiger partial charge in [0.25, 0.3) is 0 Å². The lowest BCUT2D eigenvalue weighted by Crippen LogP contribution is -2.31. The van der Waals surface area contributed by atoms with Crippen LogP contribution in [-0.2, 0) is 12.8 Å². The van der Waals surface area contributed by atoms with E-state index < -0.39 is 0 Å². The summed E-state index contributed by atoms with van der Waals surface area (Å²) < 4.78 is 19.1. The van der Waals surface area contributed by atoms with E-state index in [0.29, 0.717) is 17.0 Å². The molecular formula is C16H19ClFNO. The first-order valence-corrected chi connectivity index (χ1v) is 7.26. The number of likely N-dealkylation sites (N-methyl/N-ethyl adjacent to an activating group) is 1. The van der Waals surface area contributed by atoms with Crippen LogP contribution in [0.3, 0.4) is 0 Å². The highest BCUT2D eigenvalue weighted by Gasteiger charge is 2.13. The van der Waals surface area contributed by atoms with Gasteiger partial charge in [0, 0.05) is 17.5 Å². The van der Waals surface area contributed by atoms with E-state index in [1.54, 1.807) is 18.4 Å². The Morgan fingerprint density at radius 3 is 2.90 bits per heavy atom. The Morgan fingerprint density at radius 2 is 2.20 bits per heavy atom. The molecule has 0 spiro atoms. The number of rotatable bonds is 7. The highest BCUT2D eigenvalue weighted by atomic mass is 35.5. The lowest BCUT2D eigenvalue weighted by atomic mass is 10.0. The van der Waals surface area contributed by atoms with Crippen molar-refractivity contribution in [3.63, 3.8) is 0 Å². The SMILES string of the molecule is CCNC(CCc1ccco1)Cc1cc(Cl)ccc1F. The number of furan rings is 1. The smallest absolute Gasteiger partial charge is 0.126 e. The molecule has 1 aromatic carbocycles. The third-order valence-electron chi connectivity index (χ3n) is 3.29. The molecule has 2 rings (SSSR count). The van der Waals surface area contributed by atoms with E-state index in [9.17, 15) is 4.39 Å². The zero-order valence-corrected chi connectivity index (χ0v) is 12.3. The number of hydrogen-bond donors (Lipinski definition) is 1. The Balaban J connectivity index is 1.99. The van der Waals surface area contributed by atoms with E-state index in [-0.39, 0.29) is 11.9 Å². The van der Waals surface area contributed by atoms with Crippen molar-refractivity contribution < 1.29 is 8.81 Å². The Bertz CT molecular complexity index is 527. The molecule has 0 saturated heterocycles. The summed E-state index contributed by atoms with van der Waals surface area (Å²) in [6.07, 6.45) is 4.04. The maximum absolute atomic E-state index is 13.8. The van der Waals surface area contributed by atoms with Gasteiger partial charge in [-0.3, -0.25) is 0 Å². The van der Waals surface area contributed by atoms with Crippen molar-refractivity contribution in [3.8, 4) is 0 Å². The second kappa shape index (κ2) is 7.46. The minimum Gasteiger partial charge on any atom is -0.469 e. The summed E-state index contributed by atoms with van der Waals surface area (Å²) in [4.78, 5) is 0. The van der Waals surface area contributed by atoms with Crippen molar-refractivity contribution >= 4 is 11.6 Å². The van der Waals surface area contributed by atoms with Crippen LogP contribution in [0.1, 0.15) is 24.7 Å². The molecule has 0 aliphatic heterocycles. The van der Waals surface area contributed by atoms with Gasteiger partial charge in [-0.05, 0) is 55.3 Å². The summed E-state index contributed by atoms with van der Waals surface area (Å²) in [5, 5.41) is 3.96. The molecule has 20 heavy (non-hydrogen) atoms. The van der Waals surface area contributed by atoms with Gasteiger partial charge in [-0.2, -0.15) is 0 Å². The number of benzene rings is 1. The van der Waals surface area contributed by atoms with Crippen LogP contribution in [0.15, 0.2) is 41.0 Å². The number of halogens is 2. The predicted molar refractivity (Wildman–Crippen MR) is 79.6 cm³/mol. The molecular weight excluding hydrogens is 277 g/mol. The third kappa shape index (κ3) is 4.36. The van der Waals surface area contributed by atoms with Crippen LogP contribution in [-0.4, -0.2) is 12.6 Å². The average Bonchev–Trinajstić information content (AvgIpc) is 2.93. The summed E-state index contributed by atoms with van der Waals surface area (Å²) in [6, 6.07) is 8.75. The molecule has 1 heterocycles. The van der Waals surface area contributed by atoms with Gasteiger partial charge in [0.1, 0.15) is 11.6 Å². The summed E-state index contributed by atoms with van der Waals surface area (Å²) in [7, 11) is 0. The fraction of sp³-hybridized carbons (Fsp3) is 0.375. The van der Waals surface area contributed by atoms with E-state index in [4.69, 9.17) is 16.0 Å². The molecule has 0 amide bonds. The van der Waals surface area contributed by atoms with Crippen LogP contribution < -0.4 is 5.32 Å².